The van der Waals surface area contributed by atoms with Gasteiger partial charge in [-0.2, -0.15) is 10.2 Å². The number of aromatic nitrogens is 2. The second-order valence-corrected chi connectivity index (χ2v) is 7.13. The molecule has 0 radical (unpaired) electrons. The molecule has 0 aliphatic carbocycles. The Balaban J connectivity index is 1.88. The first-order valence-electron chi connectivity index (χ1n) is 9.93. The maximum Gasteiger partial charge on any atom is 0.269 e. The van der Waals surface area contributed by atoms with Gasteiger partial charge < -0.3 is 14.4 Å². The fraction of sp³-hybridized carbons (Fsp3) is 0.217. The smallest absolute Gasteiger partial charge is 0.269 e. The van der Waals surface area contributed by atoms with E-state index in [9.17, 15) is 19.2 Å². The van der Waals surface area contributed by atoms with Crippen LogP contribution in [0.2, 0.25) is 0 Å². The Bertz CT molecular complexity index is 1320. The minimum atomic E-state index is -0.640. The monoisotopic (exact) mass is 434 g/mol. The SMILES string of the molecule is Cc1cccn2c(=O)c(C=C(C#N)C(=O)N3CCOCC3)c(Oc3ccccc3F)nc12. The largest absolute Gasteiger partial charge is 0.435 e. The van der Waals surface area contributed by atoms with Crippen LogP contribution < -0.4 is 10.3 Å². The van der Waals surface area contributed by atoms with Gasteiger partial charge in [-0.25, -0.2) is 4.39 Å². The average molecular weight is 434 g/mol. The number of nitriles is 1. The summed E-state index contributed by atoms with van der Waals surface area (Å²) in [6.07, 6.45) is 2.68. The highest BCUT2D eigenvalue weighted by Gasteiger charge is 2.23. The van der Waals surface area contributed by atoms with Crippen molar-refractivity contribution in [2.45, 2.75) is 6.92 Å². The summed E-state index contributed by atoms with van der Waals surface area (Å²) in [5, 5.41) is 9.63. The van der Waals surface area contributed by atoms with Crippen molar-refractivity contribution in [3.8, 4) is 17.7 Å². The van der Waals surface area contributed by atoms with Crippen LogP contribution in [0.5, 0.6) is 11.6 Å². The quantitative estimate of drug-likeness (QED) is 0.463. The van der Waals surface area contributed by atoms with E-state index < -0.39 is 17.3 Å². The van der Waals surface area contributed by atoms with Crippen LogP contribution in [0.1, 0.15) is 11.1 Å². The van der Waals surface area contributed by atoms with E-state index in [0.717, 1.165) is 6.08 Å². The average Bonchev–Trinajstić information content (AvgIpc) is 2.81. The molecule has 1 saturated heterocycles. The number of amides is 1. The topological polar surface area (TPSA) is 96.9 Å². The van der Waals surface area contributed by atoms with Crippen LogP contribution in [-0.2, 0) is 9.53 Å². The summed E-state index contributed by atoms with van der Waals surface area (Å²) in [6.45, 7) is 3.18. The molecule has 0 unspecified atom stereocenters. The van der Waals surface area contributed by atoms with Gasteiger partial charge in [0, 0.05) is 19.3 Å². The van der Waals surface area contributed by atoms with Gasteiger partial charge in [-0.1, -0.05) is 18.2 Å². The Kier molecular flexibility index (Phi) is 5.96. The highest BCUT2D eigenvalue weighted by molar-refractivity contribution is 6.02. The molecule has 1 aliphatic heterocycles. The number of pyridine rings is 1. The van der Waals surface area contributed by atoms with E-state index in [1.54, 1.807) is 25.1 Å². The zero-order chi connectivity index (χ0) is 22.7. The molecular weight excluding hydrogens is 415 g/mol. The minimum Gasteiger partial charge on any atom is -0.435 e. The Morgan fingerprint density at radius 3 is 2.72 bits per heavy atom. The number of halogens is 1. The van der Waals surface area contributed by atoms with Crippen LogP contribution in [0, 0.1) is 24.1 Å². The molecule has 9 heteroatoms. The number of rotatable bonds is 4. The second kappa shape index (κ2) is 8.99. The van der Waals surface area contributed by atoms with Crippen molar-refractivity contribution in [2.24, 2.45) is 0 Å². The summed E-state index contributed by atoms with van der Waals surface area (Å²) >= 11 is 0. The molecule has 0 saturated carbocycles. The van der Waals surface area contributed by atoms with Gasteiger partial charge in [0.1, 0.15) is 22.9 Å². The third-order valence-corrected chi connectivity index (χ3v) is 5.03. The Hall–Kier alpha value is -4.03. The first kappa shape index (κ1) is 21.2. The van der Waals surface area contributed by atoms with Crippen molar-refractivity contribution < 1.29 is 18.7 Å². The molecule has 1 amide bonds. The summed E-state index contributed by atoms with van der Waals surface area (Å²) in [4.78, 5) is 32.0. The molecule has 3 aromatic rings. The van der Waals surface area contributed by atoms with Crippen molar-refractivity contribution in [1.82, 2.24) is 14.3 Å². The number of benzene rings is 1. The molecule has 32 heavy (non-hydrogen) atoms. The van der Waals surface area contributed by atoms with Crippen LogP contribution in [0.25, 0.3) is 11.7 Å². The molecule has 2 aromatic heterocycles. The summed E-state index contributed by atoms with van der Waals surface area (Å²) in [7, 11) is 0. The van der Waals surface area contributed by atoms with E-state index in [1.165, 1.54) is 33.7 Å². The molecule has 0 bridgehead atoms. The number of carbonyl (C=O) groups excluding carboxylic acids is 1. The number of carbonyl (C=O) groups is 1. The van der Waals surface area contributed by atoms with Crippen LogP contribution in [0.4, 0.5) is 4.39 Å². The summed E-state index contributed by atoms with van der Waals surface area (Å²) < 4.78 is 26.4. The van der Waals surface area contributed by atoms with E-state index in [0.29, 0.717) is 37.5 Å². The Morgan fingerprint density at radius 2 is 2.00 bits per heavy atom. The van der Waals surface area contributed by atoms with E-state index in [4.69, 9.17) is 9.47 Å². The van der Waals surface area contributed by atoms with Gasteiger partial charge in [0.15, 0.2) is 11.6 Å². The highest BCUT2D eigenvalue weighted by atomic mass is 19.1. The second-order valence-electron chi connectivity index (χ2n) is 7.13. The molecular formula is C23H19FN4O4. The molecule has 1 aliphatic rings. The molecule has 1 fully saturated rings. The van der Waals surface area contributed by atoms with E-state index >= 15 is 0 Å². The molecule has 162 valence electrons. The molecule has 0 N–H and O–H groups in total. The minimum absolute atomic E-state index is 0.130. The van der Waals surface area contributed by atoms with Crippen molar-refractivity contribution in [2.75, 3.05) is 26.3 Å². The Morgan fingerprint density at radius 1 is 1.25 bits per heavy atom. The van der Waals surface area contributed by atoms with Crippen LogP contribution >= 0.6 is 0 Å². The zero-order valence-electron chi connectivity index (χ0n) is 17.2. The first-order valence-corrected chi connectivity index (χ1v) is 9.93. The number of nitrogens with zero attached hydrogens (tertiary/aromatic N) is 4. The maximum atomic E-state index is 14.2. The number of morpholine rings is 1. The standard InChI is InChI=1S/C23H19FN4O4/c1-15-5-4-8-28-20(15)26-21(32-19-7-3-2-6-18(19)24)17(23(28)30)13-16(14-25)22(29)27-9-11-31-12-10-27/h2-8,13H,9-12H2,1H3. The normalized spacial score (nSPS) is 14.3. The molecule has 1 aromatic carbocycles. The number of ether oxygens (including phenoxy) is 2. The molecule has 3 heterocycles. The summed E-state index contributed by atoms with van der Waals surface area (Å²) in [6, 6.07) is 11.0. The third kappa shape index (κ3) is 4.08. The fourth-order valence-corrected chi connectivity index (χ4v) is 3.35. The fourth-order valence-electron chi connectivity index (χ4n) is 3.35. The van der Waals surface area contributed by atoms with Crippen molar-refractivity contribution in [1.29, 1.82) is 5.26 Å². The van der Waals surface area contributed by atoms with E-state index in [1.807, 2.05) is 6.07 Å². The first-order chi connectivity index (χ1) is 15.5. The van der Waals surface area contributed by atoms with E-state index in [2.05, 4.69) is 4.98 Å². The molecule has 8 nitrogen and oxygen atoms in total. The third-order valence-electron chi connectivity index (χ3n) is 5.03. The number of para-hydroxylation sites is 1. The molecule has 4 rings (SSSR count). The van der Waals surface area contributed by atoms with Gasteiger partial charge in [-0.15, -0.1) is 0 Å². The Labute approximate surface area is 182 Å². The van der Waals surface area contributed by atoms with Crippen molar-refractivity contribution in [3.63, 3.8) is 0 Å². The number of aryl methyl sites for hydroxylation is 1. The van der Waals surface area contributed by atoms with Crippen molar-refractivity contribution in [3.05, 3.63) is 75.5 Å². The van der Waals surface area contributed by atoms with Gasteiger partial charge in [-0.05, 0) is 36.8 Å². The van der Waals surface area contributed by atoms with Gasteiger partial charge in [-0.3, -0.25) is 14.0 Å². The number of hydrogen-bond acceptors (Lipinski definition) is 6. The summed E-state index contributed by atoms with van der Waals surface area (Å²) in [5.74, 6) is -1.50. The van der Waals surface area contributed by atoms with E-state index in [-0.39, 0.29) is 22.8 Å². The predicted molar refractivity (Wildman–Crippen MR) is 114 cm³/mol. The van der Waals surface area contributed by atoms with Gasteiger partial charge in [0.05, 0.1) is 13.2 Å². The lowest BCUT2D eigenvalue weighted by molar-refractivity contribution is -0.130. The van der Waals surface area contributed by atoms with Crippen LogP contribution in [-0.4, -0.2) is 46.5 Å². The highest BCUT2D eigenvalue weighted by Crippen LogP contribution is 2.27. The lowest BCUT2D eigenvalue weighted by atomic mass is 10.1. The van der Waals surface area contributed by atoms with Crippen LogP contribution in [0.15, 0.2) is 53.0 Å². The van der Waals surface area contributed by atoms with Crippen molar-refractivity contribution >= 4 is 17.6 Å². The van der Waals surface area contributed by atoms with Crippen LogP contribution in [0.3, 0.4) is 0 Å². The predicted octanol–water partition coefficient (Wildman–Crippen LogP) is 2.70. The summed E-state index contributed by atoms with van der Waals surface area (Å²) in [5.41, 5.74) is 0.0845. The maximum absolute atomic E-state index is 14.2. The molecule has 0 atom stereocenters. The van der Waals surface area contributed by atoms with Gasteiger partial charge >= 0.3 is 0 Å². The lowest BCUT2D eigenvalue weighted by Gasteiger charge is -2.26. The lowest BCUT2D eigenvalue weighted by Crippen LogP contribution is -2.41. The molecule has 0 spiro atoms. The number of fused-ring (bicyclic) bond motifs is 1. The zero-order valence-corrected chi connectivity index (χ0v) is 17.2. The van der Waals surface area contributed by atoms with Gasteiger partial charge in [0.25, 0.3) is 11.5 Å². The number of hydrogen-bond donors (Lipinski definition) is 0. The van der Waals surface area contributed by atoms with Gasteiger partial charge in [0.2, 0.25) is 5.88 Å².